The minimum absolute atomic E-state index is 0.0367. The molecule has 1 fully saturated rings. The van der Waals surface area contributed by atoms with Crippen LogP contribution < -0.4 is 10.2 Å². The number of likely N-dealkylation sites (tertiary alicyclic amines) is 1. The van der Waals surface area contributed by atoms with Gasteiger partial charge < -0.3 is 5.32 Å². The Bertz CT molecular complexity index is 1130. The molecule has 4 heteroatoms. The highest BCUT2D eigenvalue weighted by Crippen LogP contribution is 2.47. The number of para-hydroxylation sites is 1. The molecule has 33 heavy (non-hydrogen) atoms. The molecule has 2 aliphatic heterocycles. The third kappa shape index (κ3) is 4.57. The third-order valence-electron chi connectivity index (χ3n) is 7.03. The summed E-state index contributed by atoms with van der Waals surface area (Å²) in [6, 6.07) is 26.7. The number of rotatable bonds is 4. The molecule has 0 atom stereocenters. The molecule has 1 spiro atoms. The summed E-state index contributed by atoms with van der Waals surface area (Å²) in [4.78, 5) is 17.7. The molecule has 0 unspecified atom stereocenters. The lowest BCUT2D eigenvalue weighted by Gasteiger charge is -2.39. The van der Waals surface area contributed by atoms with E-state index in [1.54, 1.807) is 0 Å². The first-order chi connectivity index (χ1) is 16.1. The monoisotopic (exact) mass is 437 g/mol. The molecule has 5 rings (SSSR count). The Balaban J connectivity index is 1.29. The number of amides is 2. The SMILES string of the molecule is Cc1ccc2c(c1)C1(CCN(CC=Cc3ccccc3)CC1)CN2C(=O)Nc1ccccc1. The summed E-state index contributed by atoms with van der Waals surface area (Å²) in [5.41, 5.74) is 5.77. The van der Waals surface area contributed by atoms with Crippen molar-refractivity contribution in [1.29, 1.82) is 0 Å². The van der Waals surface area contributed by atoms with Crippen LogP contribution in [0.15, 0.2) is 84.9 Å². The molecule has 0 aromatic heterocycles. The maximum Gasteiger partial charge on any atom is 0.326 e. The second-order valence-electron chi connectivity index (χ2n) is 9.30. The number of benzene rings is 3. The van der Waals surface area contributed by atoms with E-state index in [1.807, 2.05) is 41.3 Å². The number of fused-ring (bicyclic) bond motifs is 2. The Labute approximate surface area is 196 Å². The Kier molecular flexibility index (Phi) is 6.01. The number of hydrogen-bond acceptors (Lipinski definition) is 2. The van der Waals surface area contributed by atoms with Crippen molar-refractivity contribution in [2.24, 2.45) is 0 Å². The zero-order valence-electron chi connectivity index (χ0n) is 19.2. The number of hydrogen-bond donors (Lipinski definition) is 1. The lowest BCUT2D eigenvalue weighted by atomic mass is 9.74. The van der Waals surface area contributed by atoms with Gasteiger partial charge in [-0.25, -0.2) is 4.79 Å². The van der Waals surface area contributed by atoms with Crippen LogP contribution in [0.4, 0.5) is 16.2 Å². The molecule has 0 radical (unpaired) electrons. The standard InChI is InChI=1S/C29H31N3O/c1-23-14-15-27-26(21-23)29(22-32(27)28(33)30-25-12-6-3-7-13-25)16-19-31(20-17-29)18-8-11-24-9-4-2-5-10-24/h2-15,21H,16-20,22H2,1H3,(H,30,33). The summed E-state index contributed by atoms with van der Waals surface area (Å²) in [5, 5.41) is 3.08. The minimum Gasteiger partial charge on any atom is -0.308 e. The molecule has 3 aromatic carbocycles. The van der Waals surface area contributed by atoms with Crippen LogP contribution in [0.25, 0.3) is 6.08 Å². The van der Waals surface area contributed by atoms with Gasteiger partial charge in [0.2, 0.25) is 0 Å². The summed E-state index contributed by atoms with van der Waals surface area (Å²) in [6.45, 7) is 5.94. The number of aryl methyl sites for hydroxylation is 1. The van der Waals surface area contributed by atoms with Gasteiger partial charge in [0.1, 0.15) is 0 Å². The Morgan fingerprint density at radius 3 is 2.39 bits per heavy atom. The Morgan fingerprint density at radius 1 is 0.970 bits per heavy atom. The smallest absolute Gasteiger partial charge is 0.308 e. The van der Waals surface area contributed by atoms with E-state index < -0.39 is 0 Å². The molecular formula is C29H31N3O. The van der Waals surface area contributed by atoms with E-state index in [2.05, 4.69) is 71.8 Å². The summed E-state index contributed by atoms with van der Waals surface area (Å²) < 4.78 is 0. The highest BCUT2D eigenvalue weighted by Gasteiger charge is 2.46. The van der Waals surface area contributed by atoms with Gasteiger partial charge in [0.15, 0.2) is 0 Å². The maximum absolute atomic E-state index is 13.2. The second-order valence-corrected chi connectivity index (χ2v) is 9.30. The van der Waals surface area contributed by atoms with Crippen LogP contribution in [-0.4, -0.2) is 37.1 Å². The first-order valence-electron chi connectivity index (χ1n) is 11.8. The zero-order chi connectivity index (χ0) is 22.7. The van der Waals surface area contributed by atoms with Gasteiger partial charge in [-0.05, 0) is 62.2 Å². The molecule has 2 aliphatic rings. The fraction of sp³-hybridized carbons (Fsp3) is 0.276. The van der Waals surface area contributed by atoms with Gasteiger partial charge in [0, 0.05) is 29.9 Å². The van der Waals surface area contributed by atoms with Crippen LogP contribution in [0.5, 0.6) is 0 Å². The highest BCUT2D eigenvalue weighted by molar-refractivity contribution is 6.03. The van der Waals surface area contributed by atoms with Gasteiger partial charge in [-0.15, -0.1) is 0 Å². The van der Waals surface area contributed by atoms with Crippen LogP contribution in [-0.2, 0) is 5.41 Å². The van der Waals surface area contributed by atoms with Crippen LogP contribution in [0.1, 0.15) is 29.5 Å². The number of piperidine rings is 1. The predicted molar refractivity (Wildman–Crippen MR) is 137 cm³/mol. The van der Waals surface area contributed by atoms with E-state index in [4.69, 9.17) is 0 Å². The third-order valence-corrected chi connectivity index (χ3v) is 7.03. The van der Waals surface area contributed by atoms with Crippen molar-refractivity contribution in [2.45, 2.75) is 25.2 Å². The quantitative estimate of drug-likeness (QED) is 0.536. The van der Waals surface area contributed by atoms with Gasteiger partial charge in [0.25, 0.3) is 0 Å². The van der Waals surface area contributed by atoms with Gasteiger partial charge in [0.05, 0.1) is 0 Å². The van der Waals surface area contributed by atoms with E-state index in [9.17, 15) is 4.79 Å². The molecular weight excluding hydrogens is 406 g/mol. The van der Waals surface area contributed by atoms with Gasteiger partial charge in [-0.3, -0.25) is 9.80 Å². The second kappa shape index (κ2) is 9.24. The van der Waals surface area contributed by atoms with Crippen molar-refractivity contribution in [3.8, 4) is 0 Å². The molecule has 2 heterocycles. The maximum atomic E-state index is 13.2. The van der Waals surface area contributed by atoms with Crippen molar-refractivity contribution >= 4 is 23.5 Å². The van der Waals surface area contributed by atoms with Crippen LogP contribution >= 0.6 is 0 Å². The largest absolute Gasteiger partial charge is 0.326 e. The van der Waals surface area contributed by atoms with Crippen molar-refractivity contribution < 1.29 is 4.79 Å². The van der Waals surface area contributed by atoms with E-state index in [0.717, 1.165) is 50.4 Å². The topological polar surface area (TPSA) is 35.6 Å². The van der Waals surface area contributed by atoms with E-state index in [1.165, 1.54) is 16.7 Å². The van der Waals surface area contributed by atoms with Crippen LogP contribution in [0.3, 0.4) is 0 Å². The number of carbonyl (C=O) groups excluding carboxylic acids is 1. The zero-order valence-corrected chi connectivity index (χ0v) is 19.2. The molecule has 0 aliphatic carbocycles. The number of nitrogens with one attached hydrogen (secondary N) is 1. The highest BCUT2D eigenvalue weighted by atomic mass is 16.2. The average Bonchev–Trinajstić information content (AvgIpc) is 3.15. The van der Waals surface area contributed by atoms with Gasteiger partial charge in [-0.2, -0.15) is 0 Å². The first kappa shape index (κ1) is 21.5. The summed E-state index contributed by atoms with van der Waals surface area (Å²) in [6.07, 6.45) is 6.60. The number of anilines is 2. The number of carbonyl (C=O) groups is 1. The van der Waals surface area contributed by atoms with Gasteiger partial charge in [-0.1, -0.05) is 78.4 Å². The summed E-state index contributed by atoms with van der Waals surface area (Å²) in [5.74, 6) is 0. The molecule has 168 valence electrons. The molecule has 3 aromatic rings. The van der Waals surface area contributed by atoms with Crippen molar-refractivity contribution in [3.63, 3.8) is 0 Å². The molecule has 4 nitrogen and oxygen atoms in total. The fourth-order valence-electron chi connectivity index (χ4n) is 5.17. The van der Waals surface area contributed by atoms with E-state index in [-0.39, 0.29) is 11.4 Å². The molecule has 0 bridgehead atoms. The van der Waals surface area contributed by atoms with Crippen molar-refractivity contribution in [3.05, 3.63) is 102 Å². The van der Waals surface area contributed by atoms with Crippen LogP contribution in [0, 0.1) is 6.92 Å². The van der Waals surface area contributed by atoms with Crippen LogP contribution in [0.2, 0.25) is 0 Å². The van der Waals surface area contributed by atoms with Gasteiger partial charge >= 0.3 is 6.03 Å². The lowest BCUT2D eigenvalue weighted by molar-refractivity contribution is 0.180. The molecule has 1 N–H and O–H groups in total. The van der Waals surface area contributed by atoms with E-state index >= 15 is 0 Å². The Hall–Kier alpha value is -3.37. The van der Waals surface area contributed by atoms with Crippen molar-refractivity contribution in [2.75, 3.05) is 36.4 Å². The normalized spacial score (nSPS) is 17.4. The number of urea groups is 1. The van der Waals surface area contributed by atoms with Crippen molar-refractivity contribution in [1.82, 2.24) is 4.90 Å². The Morgan fingerprint density at radius 2 is 1.67 bits per heavy atom. The lowest BCUT2D eigenvalue weighted by Crippen LogP contribution is -2.46. The number of nitrogens with zero attached hydrogens (tertiary/aromatic N) is 2. The predicted octanol–water partition coefficient (Wildman–Crippen LogP) is 6.09. The van der Waals surface area contributed by atoms with E-state index in [0.29, 0.717) is 0 Å². The fourth-order valence-corrected chi connectivity index (χ4v) is 5.17. The molecule has 2 amide bonds. The first-order valence-corrected chi connectivity index (χ1v) is 11.8. The molecule has 1 saturated heterocycles. The minimum atomic E-state index is -0.0450. The molecule has 0 saturated carbocycles. The summed E-state index contributed by atoms with van der Waals surface area (Å²) in [7, 11) is 0. The average molecular weight is 438 g/mol. The summed E-state index contributed by atoms with van der Waals surface area (Å²) >= 11 is 0.